The number of hydrogen-bond acceptors (Lipinski definition) is 5. The molecular weight excluding hydrogens is 526 g/mol. The lowest BCUT2D eigenvalue weighted by molar-refractivity contribution is -0.140. The van der Waals surface area contributed by atoms with Crippen molar-refractivity contribution in [2.24, 2.45) is 0 Å². The molecule has 0 spiro atoms. The van der Waals surface area contributed by atoms with Gasteiger partial charge in [-0.2, -0.15) is 0 Å². The summed E-state index contributed by atoms with van der Waals surface area (Å²) < 4.78 is 34.2. The molecule has 0 aromatic heterocycles. The molecule has 2 amide bonds. The summed E-state index contributed by atoms with van der Waals surface area (Å²) in [5, 5.41) is 2.90. The molecule has 3 rings (SSSR count). The smallest absolute Gasteiger partial charge is 0.264 e. The topological polar surface area (TPSA) is 96.0 Å². The molecule has 0 aliphatic carbocycles. The van der Waals surface area contributed by atoms with Gasteiger partial charge in [-0.05, 0) is 87.2 Å². The minimum Gasteiger partial charge on any atom is -0.497 e. The highest BCUT2D eigenvalue weighted by atomic mass is 32.2. The van der Waals surface area contributed by atoms with Gasteiger partial charge in [-0.3, -0.25) is 13.9 Å². The second-order valence-electron chi connectivity index (χ2n) is 10.1. The number of aryl methyl sites for hydroxylation is 2. The number of amides is 2. The first-order valence-corrected chi connectivity index (χ1v) is 14.8. The molecule has 0 radical (unpaired) electrons. The van der Waals surface area contributed by atoms with Crippen molar-refractivity contribution in [2.45, 2.75) is 64.6 Å². The van der Waals surface area contributed by atoms with E-state index < -0.39 is 28.5 Å². The van der Waals surface area contributed by atoms with Crippen LogP contribution in [0.5, 0.6) is 5.75 Å². The van der Waals surface area contributed by atoms with E-state index in [1.165, 1.54) is 17.0 Å². The third-order valence-corrected chi connectivity index (χ3v) is 8.51. The van der Waals surface area contributed by atoms with Crippen LogP contribution in [0.2, 0.25) is 0 Å². The van der Waals surface area contributed by atoms with Crippen LogP contribution in [-0.4, -0.2) is 50.9 Å². The summed E-state index contributed by atoms with van der Waals surface area (Å²) in [6, 6.07) is 19.7. The first-order chi connectivity index (χ1) is 19.0. The van der Waals surface area contributed by atoms with Crippen molar-refractivity contribution in [1.29, 1.82) is 0 Å². The predicted octanol–water partition coefficient (Wildman–Crippen LogP) is 4.84. The lowest BCUT2D eigenvalue weighted by Gasteiger charge is -2.33. The molecular formula is C31H39N3O5S. The maximum Gasteiger partial charge on any atom is 0.264 e. The molecule has 0 heterocycles. The zero-order valence-electron chi connectivity index (χ0n) is 24.0. The zero-order chi connectivity index (χ0) is 29.4. The van der Waals surface area contributed by atoms with Crippen LogP contribution in [0, 0.1) is 13.8 Å². The average molecular weight is 566 g/mol. The Bertz CT molecular complexity index is 1410. The van der Waals surface area contributed by atoms with Gasteiger partial charge in [-0.15, -0.1) is 0 Å². The third-order valence-electron chi connectivity index (χ3n) is 6.72. The molecule has 9 heteroatoms. The molecule has 0 aliphatic rings. The van der Waals surface area contributed by atoms with Gasteiger partial charge in [0.25, 0.3) is 10.0 Å². The second kappa shape index (κ2) is 13.5. The fourth-order valence-electron chi connectivity index (χ4n) is 4.36. The van der Waals surface area contributed by atoms with Crippen molar-refractivity contribution in [3.8, 4) is 5.75 Å². The molecule has 8 nitrogen and oxygen atoms in total. The van der Waals surface area contributed by atoms with Crippen LogP contribution >= 0.6 is 0 Å². The van der Waals surface area contributed by atoms with Crippen molar-refractivity contribution in [3.63, 3.8) is 0 Å². The number of sulfonamides is 1. The van der Waals surface area contributed by atoms with Gasteiger partial charge in [-0.1, -0.05) is 43.3 Å². The van der Waals surface area contributed by atoms with E-state index in [2.05, 4.69) is 5.32 Å². The molecule has 0 saturated carbocycles. The number of hydrogen-bond donors (Lipinski definition) is 1. The van der Waals surface area contributed by atoms with Gasteiger partial charge < -0.3 is 15.0 Å². The highest BCUT2D eigenvalue weighted by Gasteiger charge is 2.34. The number of nitrogens with zero attached hydrogens (tertiary/aromatic N) is 2. The Kier molecular flexibility index (Phi) is 10.3. The number of rotatable bonds is 12. The number of ether oxygens (including phenoxy) is 1. The molecule has 0 aliphatic heterocycles. The molecule has 0 bridgehead atoms. The van der Waals surface area contributed by atoms with Crippen LogP contribution in [0.4, 0.5) is 5.69 Å². The van der Waals surface area contributed by atoms with Gasteiger partial charge in [0, 0.05) is 12.6 Å². The molecule has 0 fully saturated rings. The average Bonchev–Trinajstić information content (AvgIpc) is 2.93. The number of anilines is 1. The van der Waals surface area contributed by atoms with E-state index >= 15 is 0 Å². The molecule has 40 heavy (non-hydrogen) atoms. The zero-order valence-corrected chi connectivity index (χ0v) is 24.9. The summed E-state index contributed by atoms with van der Waals surface area (Å²) in [6.07, 6.45) is 0.357. The number of benzene rings is 3. The summed E-state index contributed by atoms with van der Waals surface area (Å²) >= 11 is 0. The van der Waals surface area contributed by atoms with Crippen molar-refractivity contribution in [2.75, 3.05) is 18.0 Å². The van der Waals surface area contributed by atoms with E-state index in [9.17, 15) is 18.0 Å². The number of methoxy groups -OCH3 is 1. The Labute approximate surface area is 238 Å². The quantitative estimate of drug-likeness (QED) is 0.339. The molecule has 0 saturated heterocycles. The van der Waals surface area contributed by atoms with E-state index in [-0.39, 0.29) is 23.4 Å². The minimum atomic E-state index is -4.10. The van der Waals surface area contributed by atoms with Crippen molar-refractivity contribution < 1.29 is 22.7 Å². The fourth-order valence-corrected chi connectivity index (χ4v) is 5.78. The molecule has 1 N–H and O–H groups in total. The third kappa shape index (κ3) is 7.41. The normalized spacial score (nSPS) is 12.1. The molecule has 214 valence electrons. The second-order valence-corrected chi connectivity index (χ2v) is 11.9. The molecule has 3 aromatic rings. The summed E-state index contributed by atoms with van der Waals surface area (Å²) in [4.78, 5) is 28.9. The van der Waals surface area contributed by atoms with Crippen LogP contribution in [0.1, 0.15) is 43.9 Å². The predicted molar refractivity (Wildman–Crippen MR) is 158 cm³/mol. The maximum atomic E-state index is 14.1. The molecule has 3 aromatic carbocycles. The van der Waals surface area contributed by atoms with Crippen LogP contribution < -0.4 is 14.4 Å². The summed E-state index contributed by atoms with van der Waals surface area (Å²) in [5.41, 5.74) is 3.07. The first-order valence-electron chi connectivity index (χ1n) is 13.4. The lowest BCUT2D eigenvalue weighted by atomic mass is 10.1. The van der Waals surface area contributed by atoms with Crippen molar-refractivity contribution >= 4 is 27.5 Å². The Morgan fingerprint density at radius 1 is 0.925 bits per heavy atom. The van der Waals surface area contributed by atoms with Gasteiger partial charge in [0.2, 0.25) is 11.8 Å². The summed E-state index contributed by atoms with van der Waals surface area (Å²) in [7, 11) is -2.52. The summed E-state index contributed by atoms with van der Waals surface area (Å²) in [6.45, 7) is 9.03. The van der Waals surface area contributed by atoms with Crippen molar-refractivity contribution in [1.82, 2.24) is 10.2 Å². The highest BCUT2D eigenvalue weighted by Crippen LogP contribution is 2.27. The standard InChI is InChI=1S/C31H39N3O5S/c1-7-29(31(36)32-22(2)3)33(20-25-14-17-27(39-6)18-15-25)30(35)21-34(26-16-13-23(4)24(5)19-26)40(37,38)28-11-9-8-10-12-28/h8-19,22,29H,7,20-21H2,1-6H3,(H,32,36)/t29-/m1/s1. The number of nitrogens with one attached hydrogen (secondary N) is 1. The van der Waals surface area contributed by atoms with E-state index in [1.54, 1.807) is 49.6 Å². The molecule has 0 unspecified atom stereocenters. The lowest BCUT2D eigenvalue weighted by Crippen LogP contribution is -2.53. The van der Waals surface area contributed by atoms with Crippen LogP contribution in [0.15, 0.2) is 77.7 Å². The van der Waals surface area contributed by atoms with Crippen LogP contribution in [-0.2, 0) is 26.2 Å². The van der Waals surface area contributed by atoms with Crippen LogP contribution in [0.25, 0.3) is 0 Å². The SMILES string of the molecule is CC[C@H](C(=O)NC(C)C)N(Cc1ccc(OC)cc1)C(=O)CN(c1ccc(C)c(C)c1)S(=O)(=O)c1ccccc1. The van der Waals surface area contributed by atoms with Crippen molar-refractivity contribution in [3.05, 3.63) is 89.5 Å². The Hall–Kier alpha value is -3.85. The summed E-state index contributed by atoms with van der Waals surface area (Å²) in [5.74, 6) is -0.108. The van der Waals surface area contributed by atoms with Gasteiger partial charge in [0.1, 0.15) is 18.3 Å². The van der Waals surface area contributed by atoms with Gasteiger partial charge in [0.05, 0.1) is 17.7 Å². The van der Waals surface area contributed by atoms with Gasteiger partial charge >= 0.3 is 0 Å². The Morgan fingerprint density at radius 3 is 2.12 bits per heavy atom. The largest absolute Gasteiger partial charge is 0.497 e. The first kappa shape index (κ1) is 30.7. The number of carbonyl (C=O) groups is 2. The highest BCUT2D eigenvalue weighted by molar-refractivity contribution is 7.92. The van der Waals surface area contributed by atoms with E-state index in [0.717, 1.165) is 21.0 Å². The Morgan fingerprint density at radius 2 is 1.57 bits per heavy atom. The van der Waals surface area contributed by atoms with E-state index in [1.807, 2.05) is 52.8 Å². The van der Waals surface area contributed by atoms with Gasteiger partial charge in [0.15, 0.2) is 0 Å². The van der Waals surface area contributed by atoms with Gasteiger partial charge in [-0.25, -0.2) is 8.42 Å². The number of carbonyl (C=O) groups excluding carboxylic acids is 2. The monoisotopic (exact) mass is 565 g/mol. The Balaban J connectivity index is 2.07. The van der Waals surface area contributed by atoms with E-state index in [4.69, 9.17) is 4.74 Å². The minimum absolute atomic E-state index is 0.0762. The maximum absolute atomic E-state index is 14.1. The van der Waals surface area contributed by atoms with E-state index in [0.29, 0.717) is 17.9 Å². The fraction of sp³-hybridized carbons (Fsp3) is 0.355. The molecule has 1 atom stereocenters. The van der Waals surface area contributed by atoms with Crippen LogP contribution in [0.3, 0.4) is 0 Å².